The van der Waals surface area contributed by atoms with Gasteiger partial charge in [0.05, 0.1) is 18.8 Å². The third kappa shape index (κ3) is 1.90. The second kappa shape index (κ2) is 3.23. The van der Waals surface area contributed by atoms with Gasteiger partial charge in [0.25, 0.3) is 0 Å². The summed E-state index contributed by atoms with van der Waals surface area (Å²) in [6.07, 6.45) is 3.88. The minimum Gasteiger partial charge on any atom is -0.376 e. The Kier molecular flexibility index (Phi) is 2.24. The number of halogens is 1. The molecule has 68 valence electrons. The summed E-state index contributed by atoms with van der Waals surface area (Å²) in [5, 5.41) is 2.18. The Balaban J connectivity index is 1.77. The molecule has 2 atom stereocenters. The van der Waals surface area contributed by atoms with E-state index in [0.717, 1.165) is 12.3 Å². The van der Waals surface area contributed by atoms with Crippen LogP contribution in [-0.2, 0) is 4.74 Å². The van der Waals surface area contributed by atoms with E-state index in [9.17, 15) is 4.79 Å². The van der Waals surface area contributed by atoms with Crippen molar-refractivity contribution < 1.29 is 9.53 Å². The van der Waals surface area contributed by atoms with E-state index in [1.54, 1.807) is 0 Å². The molecule has 1 aliphatic heterocycles. The molecule has 0 bridgehead atoms. The molecule has 1 N–H and O–H groups in total. The van der Waals surface area contributed by atoms with Gasteiger partial charge in [0, 0.05) is 0 Å². The molecule has 3 nitrogen and oxygen atoms in total. The van der Waals surface area contributed by atoms with Crippen LogP contribution in [0.2, 0.25) is 0 Å². The van der Waals surface area contributed by atoms with Crippen molar-refractivity contribution >= 4 is 17.0 Å². The first-order chi connectivity index (χ1) is 5.75. The Labute approximate surface area is 76.4 Å². The minimum absolute atomic E-state index is 0.139. The van der Waals surface area contributed by atoms with Gasteiger partial charge in [-0.15, -0.1) is 0 Å². The monoisotopic (exact) mass is 189 g/mol. The summed E-state index contributed by atoms with van der Waals surface area (Å²) in [5.41, 5.74) is 0. The lowest BCUT2D eigenvalue weighted by Gasteiger charge is -2.07. The Morgan fingerprint density at radius 3 is 2.83 bits per heavy atom. The highest BCUT2D eigenvalue weighted by molar-refractivity contribution is 6.62. The summed E-state index contributed by atoms with van der Waals surface area (Å²) in [4.78, 5) is 10.5. The van der Waals surface area contributed by atoms with E-state index < -0.39 is 5.37 Å². The van der Waals surface area contributed by atoms with E-state index in [1.807, 2.05) is 0 Å². The van der Waals surface area contributed by atoms with E-state index in [0.29, 0.717) is 12.7 Å². The van der Waals surface area contributed by atoms with Crippen molar-refractivity contribution in [2.24, 2.45) is 5.92 Å². The number of nitrogens with one attached hydrogen (secondary N) is 1. The molecule has 12 heavy (non-hydrogen) atoms. The summed E-state index contributed by atoms with van der Waals surface area (Å²) < 4.78 is 5.52. The predicted octanol–water partition coefficient (Wildman–Crippen LogP) is 1.50. The number of hydrogen-bond acceptors (Lipinski definition) is 2. The Bertz CT molecular complexity index is 193. The summed E-state index contributed by atoms with van der Waals surface area (Å²) in [6, 6.07) is 0.139. The standard InChI is InChI=1S/C8H12ClNO2/c9-8(11)10-6-3-7(12-4-6)5-1-2-5/h5-7H,1-4H2,(H,10,11). The van der Waals surface area contributed by atoms with Crippen molar-refractivity contribution in [1.82, 2.24) is 5.32 Å². The first-order valence-corrected chi connectivity index (χ1v) is 4.71. The quantitative estimate of drug-likeness (QED) is 0.528. The molecule has 1 amide bonds. The summed E-state index contributed by atoms with van der Waals surface area (Å²) in [5.74, 6) is 0.752. The lowest BCUT2D eigenvalue weighted by Crippen LogP contribution is -2.31. The Morgan fingerprint density at radius 1 is 1.50 bits per heavy atom. The average molecular weight is 190 g/mol. The second-order valence-electron chi connectivity index (χ2n) is 3.56. The number of rotatable bonds is 2. The molecular formula is C8H12ClNO2. The van der Waals surface area contributed by atoms with E-state index >= 15 is 0 Å². The van der Waals surface area contributed by atoms with Crippen LogP contribution >= 0.6 is 11.6 Å². The van der Waals surface area contributed by atoms with E-state index in [4.69, 9.17) is 16.3 Å². The van der Waals surface area contributed by atoms with Crippen molar-refractivity contribution in [3.63, 3.8) is 0 Å². The third-order valence-electron chi connectivity index (χ3n) is 2.49. The van der Waals surface area contributed by atoms with Crippen LogP contribution in [0.1, 0.15) is 19.3 Å². The van der Waals surface area contributed by atoms with Gasteiger partial charge in [-0.3, -0.25) is 4.79 Å². The molecule has 4 heteroatoms. The first kappa shape index (κ1) is 8.32. The molecule has 0 radical (unpaired) electrons. The van der Waals surface area contributed by atoms with Gasteiger partial charge in [-0.05, 0) is 36.8 Å². The fourth-order valence-electron chi connectivity index (χ4n) is 1.71. The lowest BCUT2D eigenvalue weighted by atomic mass is 10.1. The molecular weight excluding hydrogens is 178 g/mol. The number of carbonyl (C=O) groups excluding carboxylic acids is 1. The minimum atomic E-state index is -0.472. The molecule has 2 rings (SSSR count). The molecule has 0 spiro atoms. The molecule has 0 aromatic carbocycles. The predicted molar refractivity (Wildman–Crippen MR) is 45.3 cm³/mol. The second-order valence-corrected chi connectivity index (χ2v) is 3.90. The fourth-order valence-corrected chi connectivity index (χ4v) is 1.87. The van der Waals surface area contributed by atoms with Crippen molar-refractivity contribution in [1.29, 1.82) is 0 Å². The van der Waals surface area contributed by atoms with Crippen molar-refractivity contribution in [3.8, 4) is 0 Å². The SMILES string of the molecule is O=C(Cl)NC1COC(C2CC2)C1. The highest BCUT2D eigenvalue weighted by Gasteiger charge is 2.37. The highest BCUT2D eigenvalue weighted by Crippen LogP contribution is 2.38. The summed E-state index contributed by atoms with van der Waals surface area (Å²) >= 11 is 5.20. The van der Waals surface area contributed by atoms with Gasteiger partial charge in [-0.1, -0.05) is 0 Å². The van der Waals surface area contributed by atoms with E-state index in [-0.39, 0.29) is 6.04 Å². The molecule has 2 aliphatic rings. The highest BCUT2D eigenvalue weighted by atomic mass is 35.5. The normalized spacial score (nSPS) is 35.1. The van der Waals surface area contributed by atoms with Gasteiger partial charge in [0.15, 0.2) is 0 Å². The summed E-state index contributed by atoms with van der Waals surface area (Å²) in [7, 11) is 0. The number of carbonyl (C=O) groups is 1. The van der Waals surface area contributed by atoms with Gasteiger partial charge in [-0.25, -0.2) is 0 Å². The zero-order valence-electron chi connectivity index (χ0n) is 6.75. The molecule has 1 saturated carbocycles. The fraction of sp³-hybridized carbons (Fsp3) is 0.875. The molecule has 1 saturated heterocycles. The van der Waals surface area contributed by atoms with E-state index in [2.05, 4.69) is 5.32 Å². The maximum Gasteiger partial charge on any atom is 0.314 e. The van der Waals surface area contributed by atoms with Crippen molar-refractivity contribution in [3.05, 3.63) is 0 Å². The van der Waals surface area contributed by atoms with Crippen molar-refractivity contribution in [2.75, 3.05) is 6.61 Å². The van der Waals surface area contributed by atoms with Gasteiger partial charge in [-0.2, -0.15) is 0 Å². The average Bonchev–Trinajstić information content (AvgIpc) is 2.73. The van der Waals surface area contributed by atoms with Crippen LogP contribution in [0.25, 0.3) is 0 Å². The lowest BCUT2D eigenvalue weighted by molar-refractivity contribution is 0.0924. The number of amides is 1. The van der Waals surface area contributed by atoms with Crippen LogP contribution in [-0.4, -0.2) is 24.1 Å². The molecule has 1 heterocycles. The zero-order chi connectivity index (χ0) is 8.55. The van der Waals surface area contributed by atoms with Crippen LogP contribution in [0, 0.1) is 5.92 Å². The molecule has 2 fully saturated rings. The van der Waals surface area contributed by atoms with Gasteiger partial charge < -0.3 is 10.1 Å². The van der Waals surface area contributed by atoms with Gasteiger partial charge >= 0.3 is 5.37 Å². The van der Waals surface area contributed by atoms with Crippen LogP contribution in [0.15, 0.2) is 0 Å². The maximum absolute atomic E-state index is 10.5. The van der Waals surface area contributed by atoms with Crippen LogP contribution < -0.4 is 5.32 Å². The van der Waals surface area contributed by atoms with Crippen LogP contribution in [0.3, 0.4) is 0 Å². The van der Waals surface area contributed by atoms with Crippen molar-refractivity contribution in [2.45, 2.75) is 31.4 Å². The molecule has 2 unspecified atom stereocenters. The van der Waals surface area contributed by atoms with Crippen LogP contribution in [0.5, 0.6) is 0 Å². The Morgan fingerprint density at radius 2 is 2.25 bits per heavy atom. The first-order valence-electron chi connectivity index (χ1n) is 4.33. The Hall–Kier alpha value is -0.280. The molecule has 1 aliphatic carbocycles. The van der Waals surface area contributed by atoms with Gasteiger partial charge in [0.1, 0.15) is 0 Å². The van der Waals surface area contributed by atoms with Gasteiger partial charge in [0.2, 0.25) is 0 Å². The number of hydrogen-bond donors (Lipinski definition) is 1. The smallest absolute Gasteiger partial charge is 0.314 e. The molecule has 0 aromatic heterocycles. The maximum atomic E-state index is 10.5. The summed E-state index contributed by atoms with van der Waals surface area (Å²) in [6.45, 7) is 0.625. The number of ether oxygens (including phenoxy) is 1. The molecule has 0 aromatic rings. The van der Waals surface area contributed by atoms with Crippen LogP contribution in [0.4, 0.5) is 4.79 Å². The largest absolute Gasteiger partial charge is 0.376 e. The topological polar surface area (TPSA) is 38.3 Å². The zero-order valence-corrected chi connectivity index (χ0v) is 7.51. The third-order valence-corrected chi connectivity index (χ3v) is 2.60. The van der Waals surface area contributed by atoms with E-state index in [1.165, 1.54) is 12.8 Å².